The number of nitrogens with two attached hydrogens (primary N) is 1. The fraction of sp³-hybridized carbons (Fsp3) is 0.167. The largest absolute Gasteiger partial charge is 0.389 e. The molecule has 0 atom stereocenters. The molecule has 0 radical (unpaired) electrons. The SMILES string of the molecule is NC(=S)c1cccc(C(=O)NCCc2ncon2)c1. The van der Waals surface area contributed by atoms with Gasteiger partial charge in [-0.2, -0.15) is 4.98 Å². The average Bonchev–Trinajstić information content (AvgIpc) is 2.92. The zero-order valence-corrected chi connectivity index (χ0v) is 10.8. The van der Waals surface area contributed by atoms with Gasteiger partial charge in [0.25, 0.3) is 5.91 Å². The van der Waals surface area contributed by atoms with Gasteiger partial charge in [0.1, 0.15) is 4.99 Å². The molecule has 0 bridgehead atoms. The molecule has 1 heterocycles. The van der Waals surface area contributed by atoms with E-state index in [0.717, 1.165) is 0 Å². The molecule has 2 rings (SSSR count). The highest BCUT2D eigenvalue weighted by molar-refractivity contribution is 7.80. The molecule has 0 fully saturated rings. The molecule has 7 heteroatoms. The van der Waals surface area contributed by atoms with Gasteiger partial charge >= 0.3 is 0 Å². The molecule has 0 spiro atoms. The molecule has 0 saturated carbocycles. The lowest BCUT2D eigenvalue weighted by atomic mass is 10.1. The zero-order valence-electron chi connectivity index (χ0n) is 10.00. The molecule has 0 unspecified atom stereocenters. The van der Waals surface area contributed by atoms with Crippen molar-refractivity contribution in [2.45, 2.75) is 6.42 Å². The van der Waals surface area contributed by atoms with Gasteiger partial charge < -0.3 is 15.6 Å². The van der Waals surface area contributed by atoms with Crippen LogP contribution in [-0.4, -0.2) is 27.6 Å². The minimum atomic E-state index is -0.193. The Morgan fingerprint density at radius 1 is 1.42 bits per heavy atom. The van der Waals surface area contributed by atoms with Crippen molar-refractivity contribution in [2.75, 3.05) is 6.54 Å². The van der Waals surface area contributed by atoms with E-state index in [2.05, 4.69) is 20.0 Å². The summed E-state index contributed by atoms with van der Waals surface area (Å²) in [6, 6.07) is 6.86. The quantitative estimate of drug-likeness (QED) is 0.780. The van der Waals surface area contributed by atoms with Gasteiger partial charge in [0.05, 0.1) is 0 Å². The minimum Gasteiger partial charge on any atom is -0.389 e. The standard InChI is InChI=1S/C12H12N4O2S/c13-11(19)8-2-1-3-9(6-8)12(17)14-5-4-10-15-7-18-16-10/h1-3,6-7H,4-5H2,(H2,13,19)(H,14,17). The maximum Gasteiger partial charge on any atom is 0.251 e. The Balaban J connectivity index is 1.92. The third-order valence-corrected chi connectivity index (χ3v) is 2.69. The third-order valence-electron chi connectivity index (χ3n) is 2.45. The van der Waals surface area contributed by atoms with Gasteiger partial charge in [0.2, 0.25) is 6.39 Å². The molecule has 2 aromatic rings. The van der Waals surface area contributed by atoms with Crippen LogP contribution in [0.5, 0.6) is 0 Å². The smallest absolute Gasteiger partial charge is 0.251 e. The van der Waals surface area contributed by atoms with Crippen molar-refractivity contribution in [3.8, 4) is 0 Å². The Kier molecular flexibility index (Phi) is 4.19. The topological polar surface area (TPSA) is 94.0 Å². The van der Waals surface area contributed by atoms with Crippen LogP contribution < -0.4 is 11.1 Å². The summed E-state index contributed by atoms with van der Waals surface area (Å²) in [4.78, 5) is 16.0. The number of carbonyl (C=O) groups is 1. The van der Waals surface area contributed by atoms with Gasteiger partial charge in [0, 0.05) is 24.1 Å². The average molecular weight is 276 g/mol. The van der Waals surface area contributed by atoms with Crippen LogP contribution in [-0.2, 0) is 6.42 Å². The van der Waals surface area contributed by atoms with Crippen LogP contribution in [0.15, 0.2) is 35.2 Å². The van der Waals surface area contributed by atoms with Crippen molar-refractivity contribution in [2.24, 2.45) is 5.73 Å². The maximum absolute atomic E-state index is 11.9. The summed E-state index contributed by atoms with van der Waals surface area (Å²) in [5, 5.41) is 6.41. The van der Waals surface area contributed by atoms with Crippen molar-refractivity contribution in [3.05, 3.63) is 47.6 Å². The number of thiocarbonyl (C=S) groups is 1. The van der Waals surface area contributed by atoms with Gasteiger partial charge in [-0.3, -0.25) is 4.79 Å². The monoisotopic (exact) mass is 276 g/mol. The first-order chi connectivity index (χ1) is 9.16. The molecule has 0 aliphatic rings. The van der Waals surface area contributed by atoms with Crippen LogP contribution in [0.1, 0.15) is 21.7 Å². The van der Waals surface area contributed by atoms with Gasteiger partial charge in [-0.05, 0) is 12.1 Å². The van der Waals surface area contributed by atoms with Crippen LogP contribution >= 0.6 is 12.2 Å². The van der Waals surface area contributed by atoms with Crippen LogP contribution in [0.2, 0.25) is 0 Å². The summed E-state index contributed by atoms with van der Waals surface area (Å²) in [6.45, 7) is 0.426. The second-order valence-electron chi connectivity index (χ2n) is 3.80. The summed E-state index contributed by atoms with van der Waals surface area (Å²) in [7, 11) is 0. The number of hydrogen-bond acceptors (Lipinski definition) is 5. The Bertz CT molecular complexity index is 583. The van der Waals surface area contributed by atoms with Crippen LogP contribution in [0.4, 0.5) is 0 Å². The molecule has 98 valence electrons. The number of hydrogen-bond donors (Lipinski definition) is 2. The molecule has 0 saturated heterocycles. The molecule has 6 nitrogen and oxygen atoms in total. The van der Waals surface area contributed by atoms with E-state index in [1.807, 2.05) is 0 Å². The van der Waals surface area contributed by atoms with Crippen LogP contribution in [0.25, 0.3) is 0 Å². The molecule has 1 aromatic heterocycles. The fourth-order valence-electron chi connectivity index (χ4n) is 1.51. The Hall–Kier alpha value is -2.28. The number of carbonyl (C=O) groups excluding carboxylic acids is 1. The van der Waals surface area contributed by atoms with E-state index in [1.165, 1.54) is 6.39 Å². The molecule has 19 heavy (non-hydrogen) atoms. The summed E-state index contributed by atoms with van der Waals surface area (Å²) in [5.74, 6) is 0.360. The van der Waals surface area contributed by atoms with E-state index >= 15 is 0 Å². The van der Waals surface area contributed by atoms with E-state index in [0.29, 0.717) is 29.9 Å². The zero-order chi connectivity index (χ0) is 13.7. The number of benzene rings is 1. The van der Waals surface area contributed by atoms with Crippen molar-refractivity contribution in [1.82, 2.24) is 15.5 Å². The summed E-state index contributed by atoms with van der Waals surface area (Å²) >= 11 is 4.87. The highest BCUT2D eigenvalue weighted by atomic mass is 32.1. The first-order valence-electron chi connectivity index (χ1n) is 5.60. The highest BCUT2D eigenvalue weighted by Gasteiger charge is 2.07. The second-order valence-corrected chi connectivity index (χ2v) is 4.24. The predicted molar refractivity (Wildman–Crippen MR) is 72.7 cm³/mol. The lowest BCUT2D eigenvalue weighted by molar-refractivity contribution is 0.0954. The fourth-order valence-corrected chi connectivity index (χ4v) is 1.63. The Morgan fingerprint density at radius 3 is 2.89 bits per heavy atom. The van der Waals surface area contributed by atoms with Gasteiger partial charge in [-0.1, -0.05) is 29.5 Å². The van der Waals surface area contributed by atoms with E-state index in [9.17, 15) is 4.79 Å². The van der Waals surface area contributed by atoms with E-state index in [1.54, 1.807) is 24.3 Å². The van der Waals surface area contributed by atoms with Gasteiger partial charge in [-0.15, -0.1) is 0 Å². The van der Waals surface area contributed by atoms with E-state index < -0.39 is 0 Å². The maximum atomic E-state index is 11.9. The summed E-state index contributed by atoms with van der Waals surface area (Å²) < 4.78 is 4.60. The van der Waals surface area contributed by atoms with Crippen LogP contribution in [0, 0.1) is 0 Å². The lowest BCUT2D eigenvalue weighted by Crippen LogP contribution is -2.26. The first-order valence-corrected chi connectivity index (χ1v) is 6.01. The molecule has 0 aliphatic heterocycles. The molecule has 1 amide bonds. The lowest BCUT2D eigenvalue weighted by Gasteiger charge is -2.05. The molecule has 0 aliphatic carbocycles. The molecular formula is C12H12N4O2S. The van der Waals surface area contributed by atoms with Crippen molar-refractivity contribution in [3.63, 3.8) is 0 Å². The predicted octanol–water partition coefficient (Wildman–Crippen LogP) is 0.676. The van der Waals surface area contributed by atoms with Crippen molar-refractivity contribution < 1.29 is 9.32 Å². The molecular weight excluding hydrogens is 264 g/mol. The van der Waals surface area contributed by atoms with Gasteiger partial charge in [0.15, 0.2) is 5.82 Å². The van der Waals surface area contributed by atoms with E-state index in [-0.39, 0.29) is 10.9 Å². The van der Waals surface area contributed by atoms with Crippen molar-refractivity contribution in [1.29, 1.82) is 0 Å². The number of amides is 1. The van der Waals surface area contributed by atoms with Crippen LogP contribution in [0.3, 0.4) is 0 Å². The summed E-state index contributed by atoms with van der Waals surface area (Å²) in [5.41, 5.74) is 6.70. The third kappa shape index (κ3) is 3.59. The molecule has 1 aromatic carbocycles. The van der Waals surface area contributed by atoms with Crippen molar-refractivity contribution >= 4 is 23.1 Å². The minimum absolute atomic E-state index is 0.193. The summed E-state index contributed by atoms with van der Waals surface area (Å²) in [6.07, 6.45) is 1.76. The Morgan fingerprint density at radius 2 is 2.21 bits per heavy atom. The second kappa shape index (κ2) is 6.05. The highest BCUT2D eigenvalue weighted by Crippen LogP contribution is 2.05. The molecule has 3 N–H and O–H groups in total. The number of nitrogens with one attached hydrogen (secondary N) is 1. The van der Waals surface area contributed by atoms with E-state index in [4.69, 9.17) is 18.0 Å². The number of nitrogens with zero attached hydrogens (tertiary/aromatic N) is 2. The number of aromatic nitrogens is 2. The van der Waals surface area contributed by atoms with Gasteiger partial charge in [-0.25, -0.2) is 0 Å². The first kappa shape index (κ1) is 13.2. The number of rotatable bonds is 5. The Labute approximate surface area is 115 Å². The normalized spacial score (nSPS) is 10.1.